The van der Waals surface area contributed by atoms with E-state index in [4.69, 9.17) is 29.5 Å². The quantitative estimate of drug-likeness (QED) is 0.149. The van der Waals surface area contributed by atoms with E-state index in [1.54, 1.807) is 21.3 Å². The van der Waals surface area contributed by atoms with Crippen molar-refractivity contribution in [2.24, 2.45) is 0 Å². The van der Waals surface area contributed by atoms with Gasteiger partial charge in [-0.2, -0.15) is 15.3 Å². The van der Waals surface area contributed by atoms with Gasteiger partial charge in [0.15, 0.2) is 0 Å². The molecule has 10 nitrogen and oxygen atoms in total. The monoisotopic (exact) mass is 617 g/mol. The van der Waals surface area contributed by atoms with Crippen molar-refractivity contribution in [3.05, 3.63) is 108 Å². The second-order valence-electron chi connectivity index (χ2n) is 11.3. The summed E-state index contributed by atoms with van der Waals surface area (Å²) in [5, 5.41) is 15.0. The van der Waals surface area contributed by atoms with Gasteiger partial charge in [0, 0.05) is 33.8 Å². The van der Waals surface area contributed by atoms with Crippen molar-refractivity contribution in [2.75, 3.05) is 21.3 Å². The Morgan fingerprint density at radius 3 is 0.957 bits per heavy atom. The van der Waals surface area contributed by atoms with Crippen LogP contribution in [0.3, 0.4) is 0 Å². The first kappa shape index (κ1) is 30.7. The highest BCUT2D eigenvalue weighted by atomic mass is 16.5. The Bertz CT molecular complexity index is 1680. The molecule has 10 heteroatoms. The van der Waals surface area contributed by atoms with Gasteiger partial charge in [0.1, 0.15) is 17.2 Å². The second-order valence-corrected chi connectivity index (χ2v) is 11.3. The number of nitrogens with zero attached hydrogens (tertiary/aromatic N) is 7. The smallest absolute Gasteiger partial charge is 0.118 e. The largest absolute Gasteiger partial charge is 0.497 e. The summed E-state index contributed by atoms with van der Waals surface area (Å²) in [7, 11) is 5.01. The number of benzene rings is 3. The van der Waals surface area contributed by atoms with Gasteiger partial charge in [0.05, 0.1) is 58.4 Å². The fourth-order valence-corrected chi connectivity index (χ4v) is 5.37. The van der Waals surface area contributed by atoms with Gasteiger partial charge in [-0.1, -0.05) is 0 Å². The maximum Gasteiger partial charge on any atom is 0.118 e. The van der Waals surface area contributed by atoms with E-state index in [1.807, 2.05) is 86.8 Å². The lowest BCUT2D eigenvalue weighted by atomic mass is 10.1. The highest BCUT2D eigenvalue weighted by Gasteiger charge is 2.17. The zero-order chi connectivity index (χ0) is 32.2. The van der Waals surface area contributed by atoms with Gasteiger partial charge in [-0.05, 0) is 112 Å². The van der Waals surface area contributed by atoms with Gasteiger partial charge >= 0.3 is 0 Å². The number of aryl methyl sites for hydroxylation is 3. The molecule has 0 aliphatic heterocycles. The van der Waals surface area contributed by atoms with Gasteiger partial charge in [-0.3, -0.25) is 14.0 Å². The summed E-state index contributed by atoms with van der Waals surface area (Å²) in [6.45, 7) is 7.86. The van der Waals surface area contributed by atoms with Crippen molar-refractivity contribution in [1.29, 1.82) is 0 Å². The van der Waals surface area contributed by atoms with Gasteiger partial charge in [0.2, 0.25) is 0 Å². The zero-order valence-electron chi connectivity index (χ0n) is 27.1. The summed E-state index contributed by atoms with van der Waals surface area (Å²) in [5.74, 6) is 2.45. The van der Waals surface area contributed by atoms with Crippen LogP contribution in [-0.4, -0.2) is 55.6 Å². The zero-order valence-corrected chi connectivity index (χ0v) is 27.1. The Morgan fingerprint density at radius 2 is 0.717 bits per heavy atom. The molecule has 6 aromatic rings. The normalized spacial score (nSPS) is 11.3. The van der Waals surface area contributed by atoms with Crippen LogP contribution in [0.5, 0.6) is 17.2 Å². The van der Waals surface area contributed by atoms with Gasteiger partial charge < -0.3 is 14.2 Å². The molecule has 0 atom stereocenters. The SMILES string of the molecule is COc1ccc(-c2cc(C)n(CN(Cn3nc(-c4ccc(OC)cc4)cc3C)Cn3nc(-c4ccc(OC)cc4)cc3C)n2)cc1. The van der Waals surface area contributed by atoms with Crippen molar-refractivity contribution >= 4 is 0 Å². The van der Waals surface area contributed by atoms with Crippen molar-refractivity contribution in [3.8, 4) is 51.0 Å². The topological polar surface area (TPSA) is 84.4 Å². The molecular formula is C36H39N7O3. The summed E-state index contributed by atoms with van der Waals surface area (Å²) in [6, 6.07) is 30.3. The third kappa shape index (κ3) is 6.67. The van der Waals surface area contributed by atoms with Gasteiger partial charge in [-0.15, -0.1) is 0 Å². The minimum Gasteiger partial charge on any atom is -0.497 e. The maximum atomic E-state index is 5.34. The number of hydrogen-bond donors (Lipinski definition) is 0. The minimum absolute atomic E-state index is 0.538. The Kier molecular flexibility index (Phi) is 8.89. The van der Waals surface area contributed by atoms with E-state index in [0.29, 0.717) is 20.0 Å². The number of rotatable bonds is 12. The third-order valence-electron chi connectivity index (χ3n) is 8.10. The van der Waals surface area contributed by atoms with Crippen molar-refractivity contribution in [1.82, 2.24) is 34.2 Å². The highest BCUT2D eigenvalue weighted by molar-refractivity contribution is 5.62. The maximum absolute atomic E-state index is 5.34. The number of ether oxygens (including phenoxy) is 3. The first-order valence-corrected chi connectivity index (χ1v) is 15.1. The van der Waals surface area contributed by atoms with E-state index in [1.165, 1.54) is 0 Å². The van der Waals surface area contributed by atoms with Crippen LogP contribution in [-0.2, 0) is 20.0 Å². The third-order valence-corrected chi connectivity index (χ3v) is 8.10. The van der Waals surface area contributed by atoms with Crippen LogP contribution in [0, 0.1) is 20.8 Å². The van der Waals surface area contributed by atoms with E-state index < -0.39 is 0 Å². The van der Waals surface area contributed by atoms with Crippen molar-refractivity contribution < 1.29 is 14.2 Å². The molecule has 0 radical (unpaired) electrons. The highest BCUT2D eigenvalue weighted by Crippen LogP contribution is 2.26. The van der Waals surface area contributed by atoms with E-state index in [-0.39, 0.29) is 0 Å². The molecule has 3 heterocycles. The molecule has 236 valence electrons. The Balaban J connectivity index is 1.30. The first-order chi connectivity index (χ1) is 22.3. The van der Waals surface area contributed by atoms with Gasteiger partial charge in [0.25, 0.3) is 0 Å². The van der Waals surface area contributed by atoms with Crippen LogP contribution in [0.25, 0.3) is 33.8 Å². The van der Waals surface area contributed by atoms with Crippen LogP contribution < -0.4 is 14.2 Å². The molecule has 0 bridgehead atoms. The molecule has 0 aliphatic carbocycles. The van der Waals surface area contributed by atoms with E-state index in [0.717, 1.165) is 68.1 Å². The van der Waals surface area contributed by atoms with Crippen molar-refractivity contribution in [2.45, 2.75) is 40.8 Å². The summed E-state index contributed by atoms with van der Waals surface area (Å²) in [4.78, 5) is 2.29. The molecule has 0 saturated carbocycles. The summed E-state index contributed by atoms with van der Waals surface area (Å²) in [5.41, 5.74) is 9.02. The van der Waals surface area contributed by atoms with Gasteiger partial charge in [-0.25, -0.2) is 4.90 Å². The molecule has 0 N–H and O–H groups in total. The second kappa shape index (κ2) is 13.3. The lowest BCUT2D eigenvalue weighted by Gasteiger charge is -2.24. The molecule has 3 aromatic heterocycles. The van der Waals surface area contributed by atoms with E-state index >= 15 is 0 Å². The van der Waals surface area contributed by atoms with Crippen LogP contribution in [0.2, 0.25) is 0 Å². The molecule has 46 heavy (non-hydrogen) atoms. The molecule has 0 unspecified atom stereocenters. The number of aromatic nitrogens is 6. The van der Waals surface area contributed by atoms with Crippen molar-refractivity contribution in [3.63, 3.8) is 0 Å². The first-order valence-electron chi connectivity index (χ1n) is 15.1. The molecule has 0 aliphatic rings. The lowest BCUT2D eigenvalue weighted by Crippen LogP contribution is -2.33. The standard InChI is InChI=1S/C36H39N7O3/c1-25-19-34(28-7-13-31(44-4)14-8-28)37-41(25)22-40(23-42-26(2)20-35(38-42)29-9-15-32(45-5)16-10-29)24-43-27(3)21-36(39-43)30-11-17-33(46-6)18-12-30/h7-21H,22-24H2,1-6H3. The fraction of sp³-hybridized carbons (Fsp3) is 0.250. The van der Waals surface area contributed by atoms with Crippen LogP contribution in [0.4, 0.5) is 0 Å². The molecule has 0 spiro atoms. The van der Waals surface area contributed by atoms with E-state index in [2.05, 4.69) is 43.9 Å². The van der Waals surface area contributed by atoms with Crippen LogP contribution in [0.1, 0.15) is 17.1 Å². The summed E-state index contributed by atoms with van der Waals surface area (Å²) >= 11 is 0. The Hall–Kier alpha value is -5.35. The molecule has 0 fully saturated rings. The number of hydrogen-bond acceptors (Lipinski definition) is 7. The average molecular weight is 618 g/mol. The molecule has 3 aromatic carbocycles. The number of methoxy groups -OCH3 is 3. The molecule has 6 rings (SSSR count). The molecule has 0 saturated heterocycles. The molecule has 0 amide bonds. The fourth-order valence-electron chi connectivity index (χ4n) is 5.37. The summed E-state index contributed by atoms with van der Waals surface area (Å²) in [6.07, 6.45) is 0. The predicted octanol–water partition coefficient (Wildman–Crippen LogP) is 6.80. The minimum atomic E-state index is 0.538. The lowest BCUT2D eigenvalue weighted by molar-refractivity contribution is 0.104. The van der Waals surface area contributed by atoms with Crippen LogP contribution >= 0.6 is 0 Å². The summed E-state index contributed by atoms with van der Waals surface area (Å²) < 4.78 is 22.1. The Morgan fingerprint density at radius 1 is 0.457 bits per heavy atom. The molecular weight excluding hydrogens is 578 g/mol. The van der Waals surface area contributed by atoms with E-state index in [9.17, 15) is 0 Å². The predicted molar refractivity (Wildman–Crippen MR) is 179 cm³/mol. The average Bonchev–Trinajstić information content (AvgIpc) is 3.76. The Labute approximate surface area is 269 Å². The van der Waals surface area contributed by atoms with Crippen LogP contribution in [0.15, 0.2) is 91.0 Å².